The third-order valence-corrected chi connectivity index (χ3v) is 3.95. The second-order valence-corrected chi connectivity index (χ2v) is 4.88. The Morgan fingerprint density at radius 1 is 1.36 bits per heavy atom. The van der Waals surface area contributed by atoms with E-state index < -0.39 is 0 Å². The Labute approximate surface area is 89.0 Å². The largest absolute Gasteiger partial charge is 0.396 e. The van der Waals surface area contributed by atoms with Crippen LogP contribution in [0.1, 0.15) is 48.7 Å². The van der Waals surface area contributed by atoms with Gasteiger partial charge in [0, 0.05) is 24.3 Å². The molecule has 1 aromatic rings. The Morgan fingerprint density at radius 3 is 2.86 bits per heavy atom. The first-order valence-electron chi connectivity index (χ1n) is 5.45. The summed E-state index contributed by atoms with van der Waals surface area (Å²) in [4.78, 5) is 4.58. The summed E-state index contributed by atoms with van der Waals surface area (Å²) in [5.74, 6) is 0.709. The van der Waals surface area contributed by atoms with Crippen molar-refractivity contribution in [2.24, 2.45) is 0 Å². The van der Waals surface area contributed by atoms with Gasteiger partial charge in [-0.25, -0.2) is 4.98 Å². The number of nitrogens with zero attached hydrogens (tertiary/aromatic N) is 1. The molecule has 0 atom stereocenters. The Balaban J connectivity index is 2.00. The van der Waals surface area contributed by atoms with Crippen LogP contribution in [0.15, 0.2) is 5.38 Å². The third kappa shape index (κ3) is 2.34. The zero-order valence-electron chi connectivity index (χ0n) is 8.41. The fourth-order valence-corrected chi connectivity index (χ4v) is 3.11. The number of aliphatic hydroxyl groups excluding tert-OH is 1. The Kier molecular flexibility index (Phi) is 3.54. The average molecular weight is 211 g/mol. The van der Waals surface area contributed by atoms with E-state index in [9.17, 15) is 0 Å². The van der Waals surface area contributed by atoms with Crippen molar-refractivity contribution >= 4 is 11.3 Å². The lowest BCUT2D eigenvalue weighted by Crippen LogP contribution is -2.04. The van der Waals surface area contributed by atoms with Gasteiger partial charge in [0.25, 0.3) is 0 Å². The maximum Gasteiger partial charge on any atom is 0.0959 e. The molecule has 0 radical (unpaired) electrons. The second kappa shape index (κ2) is 4.89. The van der Waals surface area contributed by atoms with E-state index in [1.165, 1.54) is 37.1 Å². The number of hydrogen-bond donors (Lipinski definition) is 1. The van der Waals surface area contributed by atoms with Crippen LogP contribution in [0.4, 0.5) is 0 Å². The molecule has 0 bridgehead atoms. The Morgan fingerprint density at radius 2 is 2.14 bits per heavy atom. The van der Waals surface area contributed by atoms with Gasteiger partial charge >= 0.3 is 0 Å². The van der Waals surface area contributed by atoms with Crippen molar-refractivity contribution in [1.29, 1.82) is 0 Å². The van der Waals surface area contributed by atoms with E-state index in [0.29, 0.717) is 12.3 Å². The summed E-state index contributed by atoms with van der Waals surface area (Å²) >= 11 is 1.77. The Hall–Kier alpha value is -0.410. The number of thiazole rings is 1. The number of aromatic nitrogens is 1. The van der Waals surface area contributed by atoms with Gasteiger partial charge in [0.15, 0.2) is 0 Å². The normalized spacial score (nSPS) is 18.6. The molecule has 0 saturated heterocycles. The van der Waals surface area contributed by atoms with E-state index in [0.717, 1.165) is 5.69 Å². The zero-order valence-corrected chi connectivity index (χ0v) is 9.22. The van der Waals surface area contributed by atoms with Crippen LogP contribution in [0.3, 0.4) is 0 Å². The van der Waals surface area contributed by atoms with Crippen molar-refractivity contribution in [2.45, 2.75) is 44.4 Å². The lowest BCUT2D eigenvalue weighted by molar-refractivity contribution is 0.298. The molecule has 0 unspecified atom stereocenters. The summed E-state index contributed by atoms with van der Waals surface area (Å²) in [5.41, 5.74) is 1.07. The summed E-state index contributed by atoms with van der Waals surface area (Å²) in [6, 6.07) is 0. The molecule has 1 heterocycles. The predicted molar refractivity (Wildman–Crippen MR) is 58.7 cm³/mol. The minimum atomic E-state index is 0.216. The van der Waals surface area contributed by atoms with E-state index in [2.05, 4.69) is 10.4 Å². The van der Waals surface area contributed by atoms with Gasteiger partial charge in [-0.2, -0.15) is 0 Å². The highest BCUT2D eigenvalue weighted by Gasteiger charge is 2.18. The van der Waals surface area contributed by atoms with Gasteiger partial charge in [-0.15, -0.1) is 11.3 Å². The summed E-state index contributed by atoms with van der Waals surface area (Å²) in [7, 11) is 0. The topological polar surface area (TPSA) is 33.1 Å². The van der Waals surface area contributed by atoms with Crippen molar-refractivity contribution in [3.05, 3.63) is 16.1 Å². The fourth-order valence-electron chi connectivity index (χ4n) is 2.09. The Bertz CT molecular complexity index is 279. The standard InChI is InChI=1S/C11H17NOS/c13-7-6-10-8-14-11(12-10)9-4-2-1-3-5-9/h8-9,13H,1-7H2. The first-order chi connectivity index (χ1) is 6.90. The lowest BCUT2D eigenvalue weighted by Gasteiger charge is -2.18. The van der Waals surface area contributed by atoms with Crippen LogP contribution in [-0.2, 0) is 6.42 Å². The summed E-state index contributed by atoms with van der Waals surface area (Å²) in [6.07, 6.45) is 7.45. The lowest BCUT2D eigenvalue weighted by atomic mass is 9.90. The minimum absolute atomic E-state index is 0.216. The molecule has 2 rings (SSSR count). The molecule has 1 saturated carbocycles. The van der Waals surface area contributed by atoms with Crippen LogP contribution >= 0.6 is 11.3 Å². The fraction of sp³-hybridized carbons (Fsp3) is 0.727. The van der Waals surface area contributed by atoms with Gasteiger partial charge in [-0.1, -0.05) is 19.3 Å². The second-order valence-electron chi connectivity index (χ2n) is 3.99. The first kappa shape index (κ1) is 10.1. The highest BCUT2D eigenvalue weighted by atomic mass is 32.1. The molecule has 3 heteroatoms. The van der Waals surface area contributed by atoms with Gasteiger partial charge in [-0.05, 0) is 12.8 Å². The monoisotopic (exact) mass is 211 g/mol. The van der Waals surface area contributed by atoms with Crippen LogP contribution in [0.2, 0.25) is 0 Å². The molecule has 78 valence electrons. The smallest absolute Gasteiger partial charge is 0.0959 e. The number of rotatable bonds is 3. The number of hydrogen-bond acceptors (Lipinski definition) is 3. The van der Waals surface area contributed by atoms with Crippen LogP contribution in [0.5, 0.6) is 0 Å². The molecular weight excluding hydrogens is 194 g/mol. The third-order valence-electron chi connectivity index (χ3n) is 2.89. The molecule has 1 aliphatic rings. The van der Waals surface area contributed by atoms with Crippen molar-refractivity contribution in [2.75, 3.05) is 6.61 Å². The molecule has 0 amide bonds. The summed E-state index contributed by atoms with van der Waals surface area (Å²) in [6.45, 7) is 0.216. The average Bonchev–Trinajstić information content (AvgIpc) is 2.68. The highest BCUT2D eigenvalue weighted by molar-refractivity contribution is 7.09. The highest BCUT2D eigenvalue weighted by Crippen LogP contribution is 2.34. The van der Waals surface area contributed by atoms with Crippen LogP contribution < -0.4 is 0 Å². The SMILES string of the molecule is OCCc1csc(C2CCCCC2)n1. The van der Waals surface area contributed by atoms with Gasteiger partial charge in [-0.3, -0.25) is 0 Å². The molecule has 1 N–H and O–H groups in total. The van der Waals surface area contributed by atoms with Crippen LogP contribution in [0, 0.1) is 0 Å². The molecule has 0 aromatic carbocycles. The van der Waals surface area contributed by atoms with E-state index in [1.807, 2.05) is 0 Å². The first-order valence-corrected chi connectivity index (χ1v) is 6.33. The van der Waals surface area contributed by atoms with Crippen LogP contribution in [-0.4, -0.2) is 16.7 Å². The maximum absolute atomic E-state index is 8.80. The van der Waals surface area contributed by atoms with Crippen molar-refractivity contribution < 1.29 is 5.11 Å². The minimum Gasteiger partial charge on any atom is -0.396 e. The molecule has 1 aromatic heterocycles. The van der Waals surface area contributed by atoms with Crippen molar-refractivity contribution in [3.8, 4) is 0 Å². The molecule has 14 heavy (non-hydrogen) atoms. The zero-order chi connectivity index (χ0) is 9.80. The molecule has 0 spiro atoms. The van der Waals surface area contributed by atoms with Crippen molar-refractivity contribution in [3.63, 3.8) is 0 Å². The van der Waals surface area contributed by atoms with Gasteiger partial charge in [0.1, 0.15) is 0 Å². The van der Waals surface area contributed by atoms with Gasteiger partial charge in [0.05, 0.1) is 10.7 Å². The van der Waals surface area contributed by atoms with E-state index in [4.69, 9.17) is 5.11 Å². The molecule has 1 aliphatic carbocycles. The van der Waals surface area contributed by atoms with Gasteiger partial charge < -0.3 is 5.11 Å². The van der Waals surface area contributed by atoms with Gasteiger partial charge in [0.2, 0.25) is 0 Å². The maximum atomic E-state index is 8.80. The van der Waals surface area contributed by atoms with Crippen molar-refractivity contribution in [1.82, 2.24) is 4.98 Å². The summed E-state index contributed by atoms with van der Waals surface area (Å²) in [5, 5.41) is 12.2. The van der Waals surface area contributed by atoms with E-state index >= 15 is 0 Å². The molecule has 0 aliphatic heterocycles. The quantitative estimate of drug-likeness (QED) is 0.834. The molecular formula is C11H17NOS. The van der Waals surface area contributed by atoms with Crippen LogP contribution in [0.25, 0.3) is 0 Å². The molecule has 2 nitrogen and oxygen atoms in total. The van der Waals surface area contributed by atoms with E-state index in [-0.39, 0.29) is 6.61 Å². The van der Waals surface area contributed by atoms with E-state index in [1.54, 1.807) is 11.3 Å². The summed E-state index contributed by atoms with van der Waals surface area (Å²) < 4.78 is 0. The predicted octanol–water partition coefficient (Wildman–Crippen LogP) is 2.73. The molecule has 1 fully saturated rings. The number of aliphatic hydroxyl groups is 1.